The Bertz CT molecular complexity index is 618. The Morgan fingerprint density at radius 1 is 0.512 bits per heavy atom. The molecule has 0 radical (unpaired) electrons. The third-order valence-electron chi connectivity index (χ3n) is 9.26. The lowest BCUT2D eigenvalue weighted by molar-refractivity contribution is -0.177. The van der Waals surface area contributed by atoms with Crippen LogP contribution in [0.2, 0.25) is 0 Å². The smallest absolute Gasteiger partial charge is 0.168 e. The average molecular weight is 623 g/mol. The average Bonchev–Trinajstić information content (AvgIpc) is 3.44. The number of unbranched alkanes of at least 4 members (excludes halogenated alkanes) is 24. The SMILES string of the molecule is CCCCC/C=C\C/C=C\CCCCCCCCC1(CCCCCCCCCCCCCCCCCC)OC[C@@H](CCl)O1. The molecule has 0 aromatic carbocycles. The lowest BCUT2D eigenvalue weighted by atomic mass is 9.98. The molecule has 1 heterocycles. The van der Waals surface area contributed by atoms with Crippen molar-refractivity contribution < 1.29 is 9.47 Å². The molecular weight excluding hydrogens is 548 g/mol. The second-order valence-corrected chi connectivity index (χ2v) is 13.8. The minimum atomic E-state index is -0.356. The van der Waals surface area contributed by atoms with E-state index in [1.807, 2.05) is 0 Å². The number of rotatable bonds is 33. The molecule has 0 aromatic rings. The van der Waals surface area contributed by atoms with E-state index in [0.29, 0.717) is 12.5 Å². The molecule has 0 amide bonds. The lowest BCUT2D eigenvalue weighted by Crippen LogP contribution is -2.31. The van der Waals surface area contributed by atoms with E-state index >= 15 is 0 Å². The van der Waals surface area contributed by atoms with Crippen LogP contribution < -0.4 is 0 Å². The molecule has 1 unspecified atom stereocenters. The van der Waals surface area contributed by atoms with Crippen LogP contribution in [0.3, 0.4) is 0 Å². The van der Waals surface area contributed by atoms with E-state index in [-0.39, 0.29) is 11.9 Å². The molecule has 1 aliphatic rings. The van der Waals surface area contributed by atoms with Gasteiger partial charge < -0.3 is 9.47 Å². The van der Waals surface area contributed by atoms with Crippen molar-refractivity contribution in [3.05, 3.63) is 24.3 Å². The Morgan fingerprint density at radius 3 is 1.30 bits per heavy atom. The quantitative estimate of drug-likeness (QED) is 0.0411. The zero-order valence-electron chi connectivity index (χ0n) is 29.2. The highest BCUT2D eigenvalue weighted by Crippen LogP contribution is 2.35. The highest BCUT2D eigenvalue weighted by molar-refractivity contribution is 6.18. The predicted octanol–water partition coefficient (Wildman–Crippen LogP) is 14.2. The molecule has 43 heavy (non-hydrogen) atoms. The van der Waals surface area contributed by atoms with Gasteiger partial charge in [-0.05, 0) is 44.9 Å². The van der Waals surface area contributed by atoms with Gasteiger partial charge in [0.2, 0.25) is 0 Å². The molecule has 0 aliphatic carbocycles. The van der Waals surface area contributed by atoms with Gasteiger partial charge in [0.25, 0.3) is 0 Å². The van der Waals surface area contributed by atoms with Crippen LogP contribution in [0.5, 0.6) is 0 Å². The van der Waals surface area contributed by atoms with Gasteiger partial charge in [0, 0.05) is 12.8 Å². The fourth-order valence-electron chi connectivity index (χ4n) is 6.40. The molecule has 0 saturated carbocycles. The van der Waals surface area contributed by atoms with Crippen LogP contribution in [0.25, 0.3) is 0 Å². The van der Waals surface area contributed by atoms with Crippen molar-refractivity contribution in [2.24, 2.45) is 0 Å². The Labute approximate surface area is 275 Å². The molecule has 0 bridgehead atoms. The Kier molecular flexibility index (Phi) is 30.0. The van der Waals surface area contributed by atoms with Crippen LogP contribution in [0.15, 0.2) is 24.3 Å². The van der Waals surface area contributed by atoms with Gasteiger partial charge >= 0.3 is 0 Å². The number of allylic oxidation sites excluding steroid dienone is 4. The summed E-state index contributed by atoms with van der Waals surface area (Å²) < 4.78 is 12.7. The predicted molar refractivity (Wildman–Crippen MR) is 192 cm³/mol. The maximum absolute atomic E-state index is 6.38. The normalized spacial score (nSPS) is 19.0. The van der Waals surface area contributed by atoms with Crippen LogP contribution in [-0.4, -0.2) is 24.4 Å². The van der Waals surface area contributed by atoms with Gasteiger partial charge in [-0.15, -0.1) is 11.6 Å². The summed E-state index contributed by atoms with van der Waals surface area (Å²) in [7, 11) is 0. The first-order chi connectivity index (χ1) is 21.3. The van der Waals surface area contributed by atoms with Gasteiger partial charge in [-0.1, -0.05) is 173 Å². The number of hydrogen-bond acceptors (Lipinski definition) is 2. The van der Waals surface area contributed by atoms with Gasteiger partial charge in [-0.25, -0.2) is 0 Å². The van der Waals surface area contributed by atoms with E-state index in [0.717, 1.165) is 19.3 Å². The summed E-state index contributed by atoms with van der Waals surface area (Å²) in [5.41, 5.74) is 0. The Balaban J connectivity index is 1.99. The summed E-state index contributed by atoms with van der Waals surface area (Å²) in [5, 5.41) is 0. The van der Waals surface area contributed by atoms with Gasteiger partial charge in [0.1, 0.15) is 0 Å². The molecule has 1 rings (SSSR count). The van der Waals surface area contributed by atoms with Crippen molar-refractivity contribution in [3.8, 4) is 0 Å². The summed E-state index contributed by atoms with van der Waals surface area (Å²) in [4.78, 5) is 0. The van der Waals surface area contributed by atoms with Crippen molar-refractivity contribution in [2.45, 2.75) is 218 Å². The van der Waals surface area contributed by atoms with Crippen LogP contribution >= 0.6 is 11.6 Å². The largest absolute Gasteiger partial charge is 0.347 e. The van der Waals surface area contributed by atoms with E-state index < -0.39 is 0 Å². The van der Waals surface area contributed by atoms with Crippen LogP contribution in [-0.2, 0) is 9.47 Å². The number of ether oxygens (including phenoxy) is 2. The van der Waals surface area contributed by atoms with Crippen molar-refractivity contribution in [1.29, 1.82) is 0 Å². The number of halogens is 1. The second kappa shape index (κ2) is 31.7. The summed E-state index contributed by atoms with van der Waals surface area (Å²) in [6.07, 6.45) is 49.5. The molecule has 1 fully saturated rings. The summed E-state index contributed by atoms with van der Waals surface area (Å²) in [6.45, 7) is 5.24. The zero-order valence-corrected chi connectivity index (χ0v) is 30.0. The Hall–Kier alpha value is -0.310. The van der Waals surface area contributed by atoms with Gasteiger partial charge in [-0.2, -0.15) is 0 Å². The fraction of sp³-hybridized carbons (Fsp3) is 0.900. The highest BCUT2D eigenvalue weighted by atomic mass is 35.5. The minimum absolute atomic E-state index is 0.0762. The third kappa shape index (κ3) is 25.6. The molecule has 1 saturated heterocycles. The molecule has 2 atom stereocenters. The first-order valence-electron chi connectivity index (χ1n) is 19.4. The van der Waals surface area contributed by atoms with Crippen LogP contribution in [0.4, 0.5) is 0 Å². The van der Waals surface area contributed by atoms with Crippen molar-refractivity contribution in [3.63, 3.8) is 0 Å². The van der Waals surface area contributed by atoms with Crippen molar-refractivity contribution >= 4 is 11.6 Å². The van der Waals surface area contributed by atoms with E-state index in [4.69, 9.17) is 21.1 Å². The molecule has 0 aromatic heterocycles. The molecule has 0 spiro atoms. The first-order valence-corrected chi connectivity index (χ1v) is 20.0. The summed E-state index contributed by atoms with van der Waals surface area (Å²) >= 11 is 6.13. The molecule has 0 N–H and O–H groups in total. The van der Waals surface area contributed by atoms with E-state index in [1.165, 1.54) is 173 Å². The second-order valence-electron chi connectivity index (χ2n) is 13.5. The number of hydrogen-bond donors (Lipinski definition) is 0. The summed E-state index contributed by atoms with van der Waals surface area (Å²) in [5.74, 6) is 0.190. The Morgan fingerprint density at radius 2 is 0.884 bits per heavy atom. The van der Waals surface area contributed by atoms with E-state index in [2.05, 4.69) is 38.2 Å². The van der Waals surface area contributed by atoms with Gasteiger partial charge in [0.05, 0.1) is 18.6 Å². The maximum Gasteiger partial charge on any atom is 0.168 e. The standard InChI is InChI=1S/C40H75ClO2/c1-3-5-7-9-11-13-15-17-19-21-23-25-27-29-31-33-35-40(42-38-39(37-41)43-40)36-34-32-30-28-26-24-22-20-18-16-14-12-10-8-6-4-2/h11,13,17,19,39H,3-10,12,14-16,18,20-38H2,1-2H3/b13-11-,19-17-/t39-,40?/m1/s1. The lowest BCUT2D eigenvalue weighted by Gasteiger charge is -2.28. The topological polar surface area (TPSA) is 18.5 Å². The van der Waals surface area contributed by atoms with Crippen molar-refractivity contribution in [2.75, 3.05) is 12.5 Å². The number of alkyl halides is 1. The van der Waals surface area contributed by atoms with Crippen LogP contribution in [0, 0.1) is 0 Å². The molecule has 3 heteroatoms. The summed E-state index contributed by atoms with van der Waals surface area (Å²) in [6, 6.07) is 0. The monoisotopic (exact) mass is 623 g/mol. The van der Waals surface area contributed by atoms with E-state index in [9.17, 15) is 0 Å². The first kappa shape index (κ1) is 40.7. The molecule has 254 valence electrons. The van der Waals surface area contributed by atoms with E-state index in [1.54, 1.807) is 0 Å². The highest BCUT2D eigenvalue weighted by Gasteiger charge is 2.40. The molecular formula is C40H75ClO2. The zero-order chi connectivity index (χ0) is 30.9. The fourth-order valence-corrected chi connectivity index (χ4v) is 6.56. The molecule has 2 nitrogen and oxygen atoms in total. The van der Waals surface area contributed by atoms with Gasteiger partial charge in [-0.3, -0.25) is 0 Å². The minimum Gasteiger partial charge on any atom is -0.347 e. The third-order valence-corrected chi connectivity index (χ3v) is 9.60. The molecule has 1 aliphatic heterocycles. The van der Waals surface area contributed by atoms with Crippen molar-refractivity contribution in [1.82, 2.24) is 0 Å². The maximum atomic E-state index is 6.38. The van der Waals surface area contributed by atoms with Gasteiger partial charge in [0.15, 0.2) is 5.79 Å². The van der Waals surface area contributed by atoms with Crippen LogP contribution in [0.1, 0.15) is 206 Å².